The lowest BCUT2D eigenvalue weighted by atomic mass is 10.0. The van der Waals surface area contributed by atoms with Crippen LogP contribution in [-0.4, -0.2) is 132 Å². The van der Waals surface area contributed by atoms with Crippen LogP contribution in [0.3, 0.4) is 0 Å². The first-order valence-electron chi connectivity index (χ1n) is 20.2. The van der Waals surface area contributed by atoms with Gasteiger partial charge in [0.1, 0.15) is 11.8 Å². The number of carboxylic acids is 2. The standard InChI is InChI=1S/C39H72N2O13/c1-34(42)20-22-49-24-26-51-28-30-53-32-33-54-31-29-52-27-25-50-23-21-40-36(43)19-18-35(39(47)48)41-37(44)16-14-12-10-8-6-4-2-3-5-7-9-11-13-15-17-38(45)46/h35H,2-33H2,1H3,(H,40,43)(H,41,44)(H,45,46)(H,47,48). The van der Waals surface area contributed by atoms with E-state index in [1.54, 1.807) is 0 Å². The van der Waals surface area contributed by atoms with E-state index in [4.69, 9.17) is 33.5 Å². The maximum absolute atomic E-state index is 12.3. The fourth-order valence-corrected chi connectivity index (χ4v) is 5.25. The van der Waals surface area contributed by atoms with E-state index in [1.807, 2.05) is 0 Å². The van der Waals surface area contributed by atoms with E-state index in [9.17, 15) is 29.1 Å². The van der Waals surface area contributed by atoms with Crippen molar-refractivity contribution in [2.45, 2.75) is 135 Å². The summed E-state index contributed by atoms with van der Waals surface area (Å²) in [6.45, 7) is 6.82. The molecule has 0 fully saturated rings. The zero-order valence-electron chi connectivity index (χ0n) is 33.1. The number of carbonyl (C=O) groups is 5. The topological polar surface area (TPSA) is 205 Å². The molecule has 0 aliphatic rings. The lowest BCUT2D eigenvalue weighted by molar-refractivity contribution is -0.142. The van der Waals surface area contributed by atoms with E-state index in [1.165, 1.54) is 51.9 Å². The minimum absolute atomic E-state index is 0.0115. The highest BCUT2D eigenvalue weighted by atomic mass is 16.6. The Hall–Kier alpha value is -2.69. The fraction of sp³-hybridized carbons (Fsp3) is 0.872. The van der Waals surface area contributed by atoms with Gasteiger partial charge in [-0.05, 0) is 26.2 Å². The summed E-state index contributed by atoms with van der Waals surface area (Å²) in [6, 6.07) is -1.10. The van der Waals surface area contributed by atoms with Gasteiger partial charge in [0.2, 0.25) is 11.8 Å². The largest absolute Gasteiger partial charge is 0.481 e. The van der Waals surface area contributed by atoms with Gasteiger partial charge in [0.05, 0.1) is 79.3 Å². The van der Waals surface area contributed by atoms with Crippen LogP contribution in [0.2, 0.25) is 0 Å². The molecule has 0 saturated heterocycles. The highest BCUT2D eigenvalue weighted by molar-refractivity contribution is 5.84. The lowest BCUT2D eigenvalue weighted by Gasteiger charge is -2.14. The third kappa shape index (κ3) is 40.5. The second kappa shape index (κ2) is 40.0. The molecular weight excluding hydrogens is 704 g/mol. The van der Waals surface area contributed by atoms with E-state index in [0.717, 1.165) is 38.5 Å². The molecule has 0 rings (SSSR count). The highest BCUT2D eigenvalue weighted by Gasteiger charge is 2.20. The number of ketones is 1. The third-order valence-electron chi connectivity index (χ3n) is 8.36. The number of hydrogen-bond donors (Lipinski definition) is 4. The number of carboxylic acid groups (broad SMARTS) is 2. The zero-order chi connectivity index (χ0) is 39.7. The Morgan fingerprint density at radius 2 is 0.815 bits per heavy atom. The first-order chi connectivity index (χ1) is 26.2. The molecule has 0 aromatic carbocycles. The number of aliphatic carboxylic acids is 2. The SMILES string of the molecule is CC(=O)CCOCCOCCOCCOCCOCCOCCNC(=O)CCC(NC(=O)CCCCCCCCCCCCCCCCC(=O)O)C(=O)O. The Kier molecular flexibility index (Phi) is 38.0. The molecule has 1 unspecified atom stereocenters. The second-order valence-corrected chi connectivity index (χ2v) is 13.3. The number of Topliss-reactive ketones (excluding diaryl/α,β-unsaturated/α-hetero) is 1. The van der Waals surface area contributed by atoms with Crippen molar-refractivity contribution in [2.24, 2.45) is 0 Å². The number of rotatable bonds is 43. The van der Waals surface area contributed by atoms with Gasteiger partial charge in [0.15, 0.2) is 0 Å². The van der Waals surface area contributed by atoms with Crippen molar-refractivity contribution in [1.29, 1.82) is 0 Å². The molecule has 4 N–H and O–H groups in total. The zero-order valence-corrected chi connectivity index (χ0v) is 33.1. The molecule has 15 heteroatoms. The lowest BCUT2D eigenvalue weighted by Crippen LogP contribution is -2.41. The highest BCUT2D eigenvalue weighted by Crippen LogP contribution is 2.14. The van der Waals surface area contributed by atoms with Crippen molar-refractivity contribution < 1.29 is 62.6 Å². The van der Waals surface area contributed by atoms with E-state index < -0.39 is 18.0 Å². The first-order valence-corrected chi connectivity index (χ1v) is 20.2. The van der Waals surface area contributed by atoms with Gasteiger partial charge in [0.25, 0.3) is 0 Å². The monoisotopic (exact) mass is 777 g/mol. The summed E-state index contributed by atoms with van der Waals surface area (Å²) in [5.74, 6) is -2.37. The Labute approximate surface area is 323 Å². The number of amides is 2. The van der Waals surface area contributed by atoms with Crippen molar-refractivity contribution in [3.8, 4) is 0 Å². The molecule has 15 nitrogen and oxygen atoms in total. The molecule has 0 heterocycles. The van der Waals surface area contributed by atoms with Crippen molar-refractivity contribution in [2.75, 3.05) is 85.8 Å². The van der Waals surface area contributed by atoms with Crippen LogP contribution in [0, 0.1) is 0 Å². The quantitative estimate of drug-likeness (QED) is 0.0612. The molecule has 0 aliphatic heterocycles. The summed E-state index contributed by atoms with van der Waals surface area (Å²) in [5.41, 5.74) is 0. The average Bonchev–Trinajstić information content (AvgIpc) is 3.13. The Bertz CT molecular complexity index is 938. The van der Waals surface area contributed by atoms with Crippen molar-refractivity contribution >= 4 is 29.5 Å². The molecule has 0 aromatic rings. The summed E-state index contributed by atoms with van der Waals surface area (Å²) in [5, 5.41) is 23.4. The smallest absolute Gasteiger partial charge is 0.326 e. The summed E-state index contributed by atoms with van der Waals surface area (Å²) in [6.07, 6.45) is 16.2. The van der Waals surface area contributed by atoms with Crippen LogP contribution in [0.1, 0.15) is 129 Å². The predicted molar refractivity (Wildman–Crippen MR) is 204 cm³/mol. The predicted octanol–water partition coefficient (Wildman–Crippen LogP) is 4.86. The van der Waals surface area contributed by atoms with Crippen LogP contribution in [0.15, 0.2) is 0 Å². The second-order valence-electron chi connectivity index (χ2n) is 13.3. The van der Waals surface area contributed by atoms with Gasteiger partial charge in [-0.3, -0.25) is 19.2 Å². The average molecular weight is 777 g/mol. The van der Waals surface area contributed by atoms with Gasteiger partial charge in [0, 0.05) is 32.2 Å². The third-order valence-corrected chi connectivity index (χ3v) is 8.36. The van der Waals surface area contributed by atoms with E-state index in [2.05, 4.69) is 10.6 Å². The molecule has 316 valence electrons. The molecule has 0 radical (unpaired) electrons. The van der Waals surface area contributed by atoms with Crippen LogP contribution in [0.5, 0.6) is 0 Å². The number of carbonyl (C=O) groups excluding carboxylic acids is 3. The number of nitrogens with one attached hydrogen (secondary N) is 2. The van der Waals surface area contributed by atoms with Gasteiger partial charge in [-0.2, -0.15) is 0 Å². The Morgan fingerprint density at radius 3 is 1.20 bits per heavy atom. The maximum Gasteiger partial charge on any atom is 0.326 e. The maximum atomic E-state index is 12.3. The van der Waals surface area contributed by atoms with Crippen LogP contribution in [-0.2, 0) is 52.4 Å². The van der Waals surface area contributed by atoms with E-state index >= 15 is 0 Å². The van der Waals surface area contributed by atoms with Gasteiger partial charge in [-0.25, -0.2) is 4.79 Å². The molecule has 54 heavy (non-hydrogen) atoms. The Balaban J connectivity index is 3.54. The van der Waals surface area contributed by atoms with Gasteiger partial charge in [-0.15, -0.1) is 0 Å². The molecular formula is C39H72N2O13. The summed E-state index contributed by atoms with van der Waals surface area (Å²) in [4.78, 5) is 57.4. The van der Waals surface area contributed by atoms with Gasteiger partial charge in [-0.1, -0.05) is 77.0 Å². The first kappa shape index (κ1) is 51.3. The van der Waals surface area contributed by atoms with E-state index in [0.29, 0.717) is 92.1 Å². The van der Waals surface area contributed by atoms with Crippen LogP contribution >= 0.6 is 0 Å². The molecule has 1 atom stereocenters. The molecule has 0 spiro atoms. The van der Waals surface area contributed by atoms with Crippen molar-refractivity contribution in [3.63, 3.8) is 0 Å². The molecule has 2 amide bonds. The van der Waals surface area contributed by atoms with Gasteiger partial charge < -0.3 is 49.3 Å². The minimum atomic E-state index is -1.16. The van der Waals surface area contributed by atoms with Crippen molar-refractivity contribution in [3.05, 3.63) is 0 Å². The van der Waals surface area contributed by atoms with Gasteiger partial charge >= 0.3 is 11.9 Å². The van der Waals surface area contributed by atoms with Crippen molar-refractivity contribution in [1.82, 2.24) is 10.6 Å². The number of unbranched alkanes of at least 4 members (excludes halogenated alkanes) is 13. The Morgan fingerprint density at radius 1 is 0.444 bits per heavy atom. The van der Waals surface area contributed by atoms with Crippen LogP contribution in [0.4, 0.5) is 0 Å². The summed E-state index contributed by atoms with van der Waals surface area (Å²) >= 11 is 0. The van der Waals surface area contributed by atoms with Crippen LogP contribution < -0.4 is 10.6 Å². The molecule has 0 bridgehead atoms. The summed E-state index contributed by atoms with van der Waals surface area (Å²) in [7, 11) is 0. The minimum Gasteiger partial charge on any atom is -0.481 e. The molecule has 0 saturated carbocycles. The fourth-order valence-electron chi connectivity index (χ4n) is 5.25. The number of hydrogen-bond acceptors (Lipinski definition) is 11. The van der Waals surface area contributed by atoms with E-state index in [-0.39, 0.29) is 49.8 Å². The molecule has 0 aliphatic carbocycles. The number of ether oxygens (including phenoxy) is 6. The molecule has 0 aromatic heterocycles. The summed E-state index contributed by atoms with van der Waals surface area (Å²) < 4.78 is 32.4. The van der Waals surface area contributed by atoms with Crippen LogP contribution in [0.25, 0.3) is 0 Å². The normalized spacial score (nSPS) is 11.7.